The van der Waals surface area contributed by atoms with Crippen LogP contribution in [0.3, 0.4) is 0 Å². The molecule has 1 unspecified atom stereocenters. The zero-order chi connectivity index (χ0) is 12.1. The first-order chi connectivity index (χ1) is 7.54. The van der Waals surface area contributed by atoms with Gasteiger partial charge in [0.05, 0.1) is 0 Å². The van der Waals surface area contributed by atoms with E-state index in [1.165, 1.54) is 21.2 Å². The van der Waals surface area contributed by atoms with Crippen molar-refractivity contribution in [1.82, 2.24) is 0 Å². The van der Waals surface area contributed by atoms with Crippen molar-refractivity contribution in [1.29, 1.82) is 0 Å². The number of halogens is 1. The van der Waals surface area contributed by atoms with E-state index in [1.807, 2.05) is 0 Å². The van der Waals surface area contributed by atoms with Gasteiger partial charge in [-0.25, -0.2) is 0 Å². The fourth-order valence-corrected chi connectivity index (χ4v) is 2.27. The lowest BCUT2D eigenvalue weighted by atomic mass is 9.98. The summed E-state index contributed by atoms with van der Waals surface area (Å²) in [7, 11) is 0. The normalized spacial score (nSPS) is 11.8. The van der Waals surface area contributed by atoms with Crippen molar-refractivity contribution >= 4 is 15.9 Å². The van der Waals surface area contributed by atoms with Crippen LogP contribution in [0.2, 0.25) is 0 Å². The molecule has 0 spiro atoms. The first-order valence-electron chi connectivity index (χ1n) is 5.78. The Morgan fingerprint density at radius 2 is 1.88 bits per heavy atom. The minimum absolute atomic E-state index is 0.429. The van der Waals surface area contributed by atoms with E-state index in [-0.39, 0.29) is 0 Å². The van der Waals surface area contributed by atoms with Crippen LogP contribution in [0.25, 0.3) is 0 Å². The van der Waals surface area contributed by atoms with E-state index in [2.05, 4.69) is 67.6 Å². The van der Waals surface area contributed by atoms with Gasteiger partial charge in [-0.15, -0.1) is 5.92 Å². The van der Waals surface area contributed by atoms with Gasteiger partial charge in [0, 0.05) is 16.8 Å². The standard InChI is InChI=1S/C15H19Br/c1-5-6-7-11(2)8-14-9-12(3)13(4)10-15(14)16/h9-11H,5,8H2,1-4H3. The molecule has 0 radical (unpaired) electrons. The van der Waals surface area contributed by atoms with Crippen LogP contribution in [0, 0.1) is 31.6 Å². The van der Waals surface area contributed by atoms with Crippen molar-refractivity contribution < 1.29 is 0 Å². The third-order valence-electron chi connectivity index (χ3n) is 2.71. The maximum atomic E-state index is 3.63. The Labute approximate surface area is 108 Å². The zero-order valence-electron chi connectivity index (χ0n) is 10.5. The van der Waals surface area contributed by atoms with Crippen molar-refractivity contribution in [2.75, 3.05) is 0 Å². The van der Waals surface area contributed by atoms with Gasteiger partial charge in [-0.05, 0) is 43.0 Å². The second-order valence-corrected chi connectivity index (χ2v) is 5.16. The molecule has 0 heterocycles. The van der Waals surface area contributed by atoms with E-state index < -0.39 is 0 Å². The summed E-state index contributed by atoms with van der Waals surface area (Å²) in [5.74, 6) is 6.85. The van der Waals surface area contributed by atoms with Gasteiger partial charge in [-0.1, -0.05) is 41.8 Å². The molecule has 1 heteroatoms. The van der Waals surface area contributed by atoms with Crippen molar-refractivity contribution in [3.05, 3.63) is 33.3 Å². The van der Waals surface area contributed by atoms with Crippen LogP contribution in [-0.2, 0) is 6.42 Å². The van der Waals surface area contributed by atoms with E-state index in [4.69, 9.17) is 0 Å². The Kier molecular flexibility index (Phi) is 5.09. The summed E-state index contributed by atoms with van der Waals surface area (Å²) in [4.78, 5) is 0. The fourth-order valence-electron chi connectivity index (χ4n) is 1.65. The summed E-state index contributed by atoms with van der Waals surface area (Å²) in [6.07, 6.45) is 1.97. The average Bonchev–Trinajstić information content (AvgIpc) is 2.23. The molecule has 0 amide bonds. The molecule has 0 bridgehead atoms. The smallest absolute Gasteiger partial charge is 0.0215 e. The lowest BCUT2D eigenvalue weighted by Crippen LogP contribution is -1.99. The molecular weight excluding hydrogens is 260 g/mol. The third-order valence-corrected chi connectivity index (χ3v) is 3.45. The highest BCUT2D eigenvalue weighted by molar-refractivity contribution is 9.10. The number of benzene rings is 1. The summed E-state index contributed by atoms with van der Waals surface area (Å²) in [6, 6.07) is 4.47. The van der Waals surface area contributed by atoms with Crippen LogP contribution in [-0.4, -0.2) is 0 Å². The van der Waals surface area contributed by atoms with Crippen LogP contribution in [0.15, 0.2) is 16.6 Å². The topological polar surface area (TPSA) is 0 Å². The SMILES string of the molecule is CCC#CC(C)Cc1cc(C)c(C)cc1Br. The van der Waals surface area contributed by atoms with E-state index >= 15 is 0 Å². The van der Waals surface area contributed by atoms with Crippen molar-refractivity contribution in [3.8, 4) is 11.8 Å². The minimum Gasteiger partial charge on any atom is -0.103 e. The second kappa shape index (κ2) is 6.11. The Morgan fingerprint density at radius 1 is 1.25 bits per heavy atom. The molecule has 1 rings (SSSR count). The molecule has 0 N–H and O–H groups in total. The number of rotatable bonds is 2. The van der Waals surface area contributed by atoms with Gasteiger partial charge < -0.3 is 0 Å². The highest BCUT2D eigenvalue weighted by Gasteiger charge is 2.06. The van der Waals surface area contributed by atoms with Gasteiger partial charge in [0.25, 0.3) is 0 Å². The molecule has 0 saturated heterocycles. The van der Waals surface area contributed by atoms with E-state index in [9.17, 15) is 0 Å². The molecule has 1 atom stereocenters. The summed E-state index contributed by atoms with van der Waals surface area (Å²) >= 11 is 3.63. The first kappa shape index (κ1) is 13.3. The maximum absolute atomic E-state index is 3.63. The van der Waals surface area contributed by atoms with Crippen molar-refractivity contribution in [2.45, 2.75) is 40.5 Å². The average molecular weight is 279 g/mol. The van der Waals surface area contributed by atoms with Gasteiger partial charge >= 0.3 is 0 Å². The van der Waals surface area contributed by atoms with Crippen LogP contribution in [0.4, 0.5) is 0 Å². The maximum Gasteiger partial charge on any atom is 0.0215 e. The lowest BCUT2D eigenvalue weighted by Gasteiger charge is -2.10. The monoisotopic (exact) mass is 278 g/mol. The molecule has 1 aromatic rings. The molecule has 0 aliphatic carbocycles. The highest BCUT2D eigenvalue weighted by Crippen LogP contribution is 2.23. The molecular formula is C15H19Br. The molecule has 1 aromatic carbocycles. The number of hydrogen-bond acceptors (Lipinski definition) is 0. The van der Waals surface area contributed by atoms with E-state index in [0.29, 0.717) is 5.92 Å². The summed E-state index contributed by atoms with van der Waals surface area (Å²) < 4.78 is 1.21. The summed E-state index contributed by atoms with van der Waals surface area (Å²) in [5.41, 5.74) is 4.05. The third kappa shape index (κ3) is 3.68. The fraction of sp³-hybridized carbons (Fsp3) is 0.467. The van der Waals surface area contributed by atoms with E-state index in [0.717, 1.165) is 12.8 Å². The van der Waals surface area contributed by atoms with Crippen LogP contribution in [0.1, 0.15) is 37.0 Å². The van der Waals surface area contributed by atoms with Gasteiger partial charge in [0.1, 0.15) is 0 Å². The molecule has 0 fully saturated rings. The largest absolute Gasteiger partial charge is 0.103 e. The van der Waals surface area contributed by atoms with Gasteiger partial charge in [-0.2, -0.15) is 0 Å². The summed E-state index contributed by atoms with van der Waals surface area (Å²) in [5, 5.41) is 0. The lowest BCUT2D eigenvalue weighted by molar-refractivity contribution is 0.746. The summed E-state index contributed by atoms with van der Waals surface area (Å²) in [6.45, 7) is 8.58. The Bertz CT molecular complexity index is 421. The molecule has 16 heavy (non-hydrogen) atoms. The van der Waals surface area contributed by atoms with Crippen LogP contribution >= 0.6 is 15.9 Å². The molecule has 0 saturated carbocycles. The van der Waals surface area contributed by atoms with Gasteiger partial charge in [-0.3, -0.25) is 0 Å². The number of hydrogen-bond donors (Lipinski definition) is 0. The zero-order valence-corrected chi connectivity index (χ0v) is 12.1. The number of aryl methyl sites for hydroxylation is 2. The predicted molar refractivity (Wildman–Crippen MR) is 74.6 cm³/mol. The minimum atomic E-state index is 0.429. The predicted octanol–water partition coefficient (Wildman–Crippen LogP) is 4.66. The Balaban J connectivity index is 2.85. The molecule has 0 aliphatic heterocycles. The molecule has 0 aromatic heterocycles. The van der Waals surface area contributed by atoms with Gasteiger partial charge in [0.2, 0.25) is 0 Å². The van der Waals surface area contributed by atoms with E-state index in [1.54, 1.807) is 0 Å². The quantitative estimate of drug-likeness (QED) is 0.691. The molecule has 0 aliphatic rings. The van der Waals surface area contributed by atoms with Crippen LogP contribution in [0.5, 0.6) is 0 Å². The Hall–Kier alpha value is -0.740. The van der Waals surface area contributed by atoms with Gasteiger partial charge in [0.15, 0.2) is 0 Å². The molecule has 0 nitrogen and oxygen atoms in total. The Morgan fingerprint density at radius 3 is 2.50 bits per heavy atom. The van der Waals surface area contributed by atoms with Crippen LogP contribution < -0.4 is 0 Å². The molecule has 86 valence electrons. The van der Waals surface area contributed by atoms with Crippen molar-refractivity contribution in [2.24, 2.45) is 5.92 Å². The highest BCUT2D eigenvalue weighted by atomic mass is 79.9. The first-order valence-corrected chi connectivity index (χ1v) is 6.58. The van der Waals surface area contributed by atoms with Crippen molar-refractivity contribution in [3.63, 3.8) is 0 Å². The second-order valence-electron chi connectivity index (χ2n) is 4.31.